The normalized spacial score (nSPS) is 19.6. The lowest BCUT2D eigenvalue weighted by molar-refractivity contribution is -0.143. The Morgan fingerprint density at radius 1 is 0.760 bits per heavy atom. The maximum Gasteiger partial charge on any atom is 0.305 e. The van der Waals surface area contributed by atoms with Crippen molar-refractivity contribution in [2.45, 2.75) is 127 Å². The van der Waals surface area contributed by atoms with Crippen LogP contribution in [0, 0.1) is 0 Å². The van der Waals surface area contributed by atoms with Crippen LogP contribution in [-0.4, -0.2) is 147 Å². The maximum atomic E-state index is 13.2. The topological polar surface area (TPSA) is 333 Å². The summed E-state index contributed by atoms with van der Waals surface area (Å²) in [4.78, 5) is 102. The molecule has 1 aliphatic rings. The van der Waals surface area contributed by atoms with Crippen molar-refractivity contribution in [2.24, 2.45) is 11.5 Å². The molecule has 1 rings (SSSR count). The molecule has 20 heteroatoms. The van der Waals surface area contributed by atoms with Crippen molar-refractivity contribution in [1.82, 2.24) is 31.5 Å². The van der Waals surface area contributed by atoms with Crippen LogP contribution in [-0.2, 0) is 38.4 Å². The number of nitrogens with one attached hydrogen (secondary N) is 5. The van der Waals surface area contributed by atoms with E-state index in [-0.39, 0.29) is 6.54 Å². The van der Waals surface area contributed by atoms with Gasteiger partial charge in [-0.05, 0) is 59.9 Å². The zero-order valence-electron chi connectivity index (χ0n) is 28.7. The van der Waals surface area contributed by atoms with Gasteiger partial charge in [-0.3, -0.25) is 33.6 Å². The third-order valence-electron chi connectivity index (χ3n) is 7.98. The summed E-state index contributed by atoms with van der Waals surface area (Å²) in [5.74, 6) is -7.50. The number of carbonyl (C=O) groups is 8. The van der Waals surface area contributed by atoms with Gasteiger partial charge in [0.1, 0.15) is 36.5 Å². The summed E-state index contributed by atoms with van der Waals surface area (Å²) in [7, 11) is 0. The van der Waals surface area contributed by atoms with Crippen LogP contribution >= 0.6 is 0 Å². The molecule has 50 heavy (non-hydrogen) atoms. The average Bonchev–Trinajstić information content (AvgIpc) is 3.52. The van der Waals surface area contributed by atoms with Crippen LogP contribution in [0.1, 0.15) is 66.2 Å². The molecule has 1 aliphatic heterocycles. The first-order valence-electron chi connectivity index (χ1n) is 16.3. The Bertz CT molecular complexity index is 1220. The molecule has 1 saturated heterocycles. The van der Waals surface area contributed by atoms with Crippen molar-refractivity contribution < 1.29 is 58.8 Å². The van der Waals surface area contributed by atoms with Gasteiger partial charge in [-0.2, -0.15) is 0 Å². The maximum absolute atomic E-state index is 13.2. The minimum Gasteiger partial charge on any atom is -0.481 e. The van der Waals surface area contributed by atoms with Gasteiger partial charge < -0.3 is 68.2 Å². The van der Waals surface area contributed by atoms with Crippen LogP contribution in [0.3, 0.4) is 0 Å². The van der Waals surface area contributed by atoms with Crippen LogP contribution in [0.4, 0.5) is 0 Å². The zero-order chi connectivity index (χ0) is 38.3. The number of aliphatic hydroxyl groups excluding tert-OH is 3. The lowest BCUT2D eigenvalue weighted by atomic mass is 10.1. The predicted molar refractivity (Wildman–Crippen MR) is 174 cm³/mol. The SMILES string of the molecule is C[C@H](NC(=O)[C@@H](N)CCCCN)C(=O)N[C@@H](CC(=O)O)C(=O)N[C@H](C(=O)N[C@H](C(=O)N[C@H](C(=O)N1CCC[C@H]1C=O)[C@@H](C)O)[C@@H](C)O)[C@@H](C)O. The molecule has 0 bridgehead atoms. The van der Waals surface area contributed by atoms with Gasteiger partial charge in [-0.15, -0.1) is 0 Å². The summed E-state index contributed by atoms with van der Waals surface area (Å²) in [6.07, 6.45) is -2.73. The summed E-state index contributed by atoms with van der Waals surface area (Å²) in [6, 6.07) is -9.99. The van der Waals surface area contributed by atoms with Crippen LogP contribution in [0.25, 0.3) is 0 Å². The fourth-order valence-electron chi connectivity index (χ4n) is 5.03. The number of carbonyl (C=O) groups excluding carboxylic acids is 7. The van der Waals surface area contributed by atoms with Crippen LogP contribution in [0.15, 0.2) is 0 Å². The Labute approximate surface area is 289 Å². The number of nitrogens with zero attached hydrogens (tertiary/aromatic N) is 1. The second kappa shape index (κ2) is 21.1. The highest BCUT2D eigenvalue weighted by Gasteiger charge is 2.39. The molecule has 0 spiro atoms. The standard InChI is InChI=1S/C30H52N8O12/c1-14(33-26(46)19(32)9-5-6-10-31)25(45)34-20(12-21(43)44)27(47)35-22(15(2)40)28(48)36-23(16(3)41)29(49)37-24(17(4)42)30(50)38-11-7-8-18(38)13-39/h13-20,22-24,40-42H,5-12,31-32H2,1-4H3,(H,33,46)(H,34,45)(H,35,47)(H,36,48)(H,37,49)(H,43,44)/t14-,15+,16+,17+,18-,19-,20-,22-,23-,24-/m0/s1. The molecule has 10 atom stereocenters. The summed E-state index contributed by atoms with van der Waals surface area (Å²) >= 11 is 0. The lowest BCUT2D eigenvalue weighted by Gasteiger charge is -2.31. The van der Waals surface area contributed by atoms with E-state index in [1.165, 1.54) is 18.7 Å². The Balaban J connectivity index is 3.05. The number of aliphatic carboxylic acids is 1. The van der Waals surface area contributed by atoms with Gasteiger partial charge >= 0.3 is 5.97 Å². The summed E-state index contributed by atoms with van der Waals surface area (Å²) in [5, 5.41) is 51.3. The molecule has 13 N–H and O–H groups in total. The Hall–Kier alpha value is -4.24. The second-order valence-electron chi connectivity index (χ2n) is 12.3. The minimum absolute atomic E-state index is 0.203. The molecule has 1 fully saturated rings. The van der Waals surface area contributed by atoms with Crippen molar-refractivity contribution in [3.63, 3.8) is 0 Å². The number of carboxylic acids is 1. The lowest BCUT2D eigenvalue weighted by Crippen LogP contribution is -2.64. The molecule has 0 radical (unpaired) electrons. The van der Waals surface area contributed by atoms with E-state index in [0.29, 0.717) is 44.9 Å². The molecule has 0 aromatic heterocycles. The monoisotopic (exact) mass is 716 g/mol. The van der Waals surface area contributed by atoms with Crippen molar-refractivity contribution in [3.05, 3.63) is 0 Å². The Kier molecular flexibility index (Phi) is 18.5. The number of aldehydes is 1. The van der Waals surface area contributed by atoms with Gasteiger partial charge in [0.2, 0.25) is 35.4 Å². The Morgan fingerprint density at radius 3 is 1.76 bits per heavy atom. The second-order valence-corrected chi connectivity index (χ2v) is 12.3. The van der Waals surface area contributed by atoms with Gasteiger partial charge in [0, 0.05) is 6.54 Å². The average molecular weight is 717 g/mol. The number of amides is 6. The van der Waals surface area contributed by atoms with Crippen LogP contribution in [0.5, 0.6) is 0 Å². The van der Waals surface area contributed by atoms with E-state index in [1.807, 2.05) is 0 Å². The van der Waals surface area contributed by atoms with Gasteiger partial charge in [0.25, 0.3) is 0 Å². The first-order valence-corrected chi connectivity index (χ1v) is 16.3. The highest BCUT2D eigenvalue weighted by Crippen LogP contribution is 2.17. The molecule has 0 aromatic rings. The Morgan fingerprint density at radius 2 is 1.28 bits per heavy atom. The van der Waals surface area contributed by atoms with E-state index in [0.717, 1.165) is 13.8 Å². The fourth-order valence-corrected chi connectivity index (χ4v) is 5.03. The molecule has 0 saturated carbocycles. The smallest absolute Gasteiger partial charge is 0.305 e. The van der Waals surface area contributed by atoms with E-state index in [4.69, 9.17) is 11.5 Å². The minimum atomic E-state index is -1.86. The molecule has 284 valence electrons. The molecule has 0 unspecified atom stereocenters. The van der Waals surface area contributed by atoms with E-state index in [1.54, 1.807) is 0 Å². The molecular formula is C30H52N8O12. The van der Waals surface area contributed by atoms with Gasteiger partial charge in [-0.25, -0.2) is 0 Å². The first-order chi connectivity index (χ1) is 23.4. The van der Waals surface area contributed by atoms with Gasteiger partial charge in [0.15, 0.2) is 0 Å². The van der Waals surface area contributed by atoms with Crippen LogP contribution < -0.4 is 38.1 Å². The number of hydrogen-bond donors (Lipinski definition) is 11. The van der Waals surface area contributed by atoms with E-state index >= 15 is 0 Å². The van der Waals surface area contributed by atoms with E-state index < -0.39 is 108 Å². The molecule has 0 aromatic carbocycles. The largest absolute Gasteiger partial charge is 0.481 e. The first kappa shape index (κ1) is 43.8. The molecule has 1 heterocycles. The number of rotatable bonds is 21. The predicted octanol–water partition coefficient (Wildman–Crippen LogP) is -5.31. The van der Waals surface area contributed by atoms with Gasteiger partial charge in [-0.1, -0.05) is 6.42 Å². The van der Waals surface area contributed by atoms with E-state index in [2.05, 4.69) is 26.6 Å². The molecule has 20 nitrogen and oxygen atoms in total. The molecular weight excluding hydrogens is 664 g/mol. The van der Waals surface area contributed by atoms with Crippen molar-refractivity contribution >= 4 is 47.7 Å². The number of unbranched alkanes of at least 4 members (excludes halogenated alkanes) is 1. The highest BCUT2D eigenvalue weighted by molar-refractivity contribution is 5.98. The van der Waals surface area contributed by atoms with Crippen molar-refractivity contribution in [2.75, 3.05) is 13.1 Å². The van der Waals surface area contributed by atoms with Crippen LogP contribution in [0.2, 0.25) is 0 Å². The van der Waals surface area contributed by atoms with Gasteiger partial charge in [0.05, 0.1) is 36.8 Å². The van der Waals surface area contributed by atoms with Crippen molar-refractivity contribution in [1.29, 1.82) is 0 Å². The third kappa shape index (κ3) is 13.6. The molecule has 0 aliphatic carbocycles. The number of hydrogen-bond acceptors (Lipinski definition) is 13. The quantitative estimate of drug-likeness (QED) is 0.0391. The third-order valence-corrected chi connectivity index (χ3v) is 7.98. The zero-order valence-corrected chi connectivity index (χ0v) is 28.7. The number of carboxylic acid groups (broad SMARTS) is 1. The molecule has 6 amide bonds. The number of aliphatic hydroxyl groups is 3. The summed E-state index contributed by atoms with van der Waals surface area (Å²) in [6.45, 7) is 5.30. The summed E-state index contributed by atoms with van der Waals surface area (Å²) in [5.41, 5.74) is 11.2. The highest BCUT2D eigenvalue weighted by atomic mass is 16.4. The fraction of sp³-hybridized carbons (Fsp3) is 0.733. The number of nitrogens with two attached hydrogens (primary N) is 2. The summed E-state index contributed by atoms with van der Waals surface area (Å²) < 4.78 is 0. The van der Waals surface area contributed by atoms with Crippen molar-refractivity contribution in [3.8, 4) is 0 Å². The number of likely N-dealkylation sites (tertiary alicyclic amines) is 1. The van der Waals surface area contributed by atoms with E-state index in [9.17, 15) is 58.8 Å².